The second kappa shape index (κ2) is 18.9. The van der Waals surface area contributed by atoms with Gasteiger partial charge in [-0.25, -0.2) is 0 Å². The van der Waals surface area contributed by atoms with Crippen LogP contribution in [0.3, 0.4) is 0 Å². The van der Waals surface area contributed by atoms with Crippen molar-refractivity contribution in [2.45, 2.75) is 129 Å². The number of hydrogen-bond donors (Lipinski definition) is 4. The molecular weight excluding hydrogens is 626 g/mol. The minimum Gasteiger partial charge on any atom is -0.386 e. The molecule has 1 heterocycles. The largest absolute Gasteiger partial charge is 0.386 e. The quantitative estimate of drug-likeness (QED) is 0.182. The number of carbonyl (C=O) groups excluding carboxylic acids is 4. The van der Waals surface area contributed by atoms with Crippen LogP contribution in [0.2, 0.25) is 0 Å². The van der Waals surface area contributed by atoms with Crippen LogP contribution in [-0.4, -0.2) is 108 Å². The van der Waals surface area contributed by atoms with Gasteiger partial charge < -0.3 is 30.5 Å². The minimum atomic E-state index is -1.22. The molecule has 0 aliphatic carbocycles. The summed E-state index contributed by atoms with van der Waals surface area (Å²) in [7, 11) is 4.96. The molecule has 0 radical (unpaired) electrons. The van der Waals surface area contributed by atoms with Gasteiger partial charge in [-0.2, -0.15) is 0 Å². The number of nitrogens with one attached hydrogen (secondary N) is 2. The summed E-state index contributed by atoms with van der Waals surface area (Å²) in [5, 5.41) is 16.2. The van der Waals surface area contributed by atoms with Crippen molar-refractivity contribution in [2.24, 2.45) is 23.5 Å². The van der Waals surface area contributed by atoms with E-state index in [1.807, 2.05) is 56.1 Å². The van der Waals surface area contributed by atoms with Crippen LogP contribution < -0.4 is 16.4 Å². The van der Waals surface area contributed by atoms with Crippen LogP contribution in [0, 0.1) is 17.8 Å². The summed E-state index contributed by atoms with van der Waals surface area (Å²) in [6.07, 6.45) is 0.266. The Hall–Kier alpha value is -2.90. The van der Waals surface area contributed by atoms with Crippen molar-refractivity contribution in [3.63, 3.8) is 0 Å². The second-order valence-electron chi connectivity index (χ2n) is 14.7. The number of likely N-dealkylation sites (N-methyl/N-ethyl adjacent to an activating group) is 1. The van der Waals surface area contributed by atoms with Gasteiger partial charge in [0.25, 0.3) is 0 Å². The van der Waals surface area contributed by atoms with E-state index in [-0.39, 0.29) is 42.2 Å². The first kappa shape index (κ1) is 42.3. The van der Waals surface area contributed by atoms with E-state index in [9.17, 15) is 24.3 Å². The third kappa shape index (κ3) is 11.0. The van der Waals surface area contributed by atoms with E-state index in [1.54, 1.807) is 46.8 Å². The van der Waals surface area contributed by atoms with Crippen LogP contribution >= 0.6 is 0 Å². The minimum absolute atomic E-state index is 0.0384. The molecule has 0 bridgehead atoms. The average Bonchev–Trinajstić information content (AvgIpc) is 3.53. The number of imide groups is 1. The Kier molecular flexibility index (Phi) is 16.3. The highest BCUT2D eigenvalue weighted by atomic mass is 16.5. The maximum atomic E-state index is 14.1. The van der Waals surface area contributed by atoms with Crippen LogP contribution in [0.15, 0.2) is 30.3 Å². The van der Waals surface area contributed by atoms with Gasteiger partial charge in [0, 0.05) is 26.8 Å². The molecule has 1 saturated heterocycles. The summed E-state index contributed by atoms with van der Waals surface area (Å²) < 4.78 is 11.9. The molecule has 12 nitrogen and oxygen atoms in total. The first-order valence-corrected chi connectivity index (χ1v) is 17.7. The summed E-state index contributed by atoms with van der Waals surface area (Å²) in [5.41, 5.74) is 5.43. The molecular formula is C37H63N5O7. The number of hydrogen-bond acceptors (Lipinski definition) is 9. The number of nitrogens with zero attached hydrogens (tertiary/aromatic N) is 2. The third-order valence-electron chi connectivity index (χ3n) is 10.1. The van der Waals surface area contributed by atoms with Crippen LogP contribution in [0.25, 0.3) is 0 Å². The molecule has 1 aliphatic heterocycles. The molecule has 49 heavy (non-hydrogen) atoms. The SMILES string of the molecule is CC[C@H](C)[C@@H]([C@@H](CC(=O)N1CCC[C@H]1[C@H](OC)[C@@H](C)C(=O)N[C@H](C)[C@@H](O)c1ccccc1)OC)N(C)[C@H](C(=O)NC(=O)C(C)(C)N)C(C)C. The predicted molar refractivity (Wildman–Crippen MR) is 190 cm³/mol. The Morgan fingerprint density at radius 2 is 1.65 bits per heavy atom. The van der Waals surface area contributed by atoms with Gasteiger partial charge in [-0.05, 0) is 58.1 Å². The Labute approximate surface area is 293 Å². The smallest absolute Gasteiger partial charge is 0.246 e. The van der Waals surface area contributed by atoms with Gasteiger partial charge in [0.05, 0.1) is 54.3 Å². The molecule has 4 amide bonds. The molecule has 0 unspecified atom stereocenters. The molecule has 1 aromatic carbocycles. The van der Waals surface area contributed by atoms with Crippen molar-refractivity contribution in [3.05, 3.63) is 35.9 Å². The second-order valence-corrected chi connectivity index (χ2v) is 14.7. The third-order valence-corrected chi connectivity index (χ3v) is 10.1. The number of likely N-dealkylation sites (tertiary alicyclic amines) is 1. The zero-order valence-electron chi connectivity index (χ0n) is 31.6. The number of amides is 4. The number of nitrogens with two attached hydrogens (primary N) is 1. The van der Waals surface area contributed by atoms with Gasteiger partial charge in [-0.3, -0.25) is 29.4 Å². The summed E-state index contributed by atoms with van der Waals surface area (Å²) in [4.78, 5) is 57.3. The molecule has 0 spiro atoms. The maximum Gasteiger partial charge on any atom is 0.246 e. The summed E-state index contributed by atoms with van der Waals surface area (Å²) in [6, 6.07) is 7.29. The standard InChI is InChI=1S/C37H63N5O7/c1-12-23(4)31(41(9)30(22(2)3)35(46)40-36(47)37(7,8)38)28(48-10)21-29(43)42-20-16-19-27(42)33(49-11)24(5)34(45)39-25(6)32(44)26-17-14-13-15-18-26/h13-15,17-18,22-25,27-28,30-33,44H,12,16,19-21,38H2,1-11H3,(H,39,45)(H,40,46,47)/t23-,24+,25+,27-,28+,30-,31-,32+,33+/m0/s1. The van der Waals surface area contributed by atoms with Gasteiger partial charge in [-0.1, -0.05) is 71.4 Å². The lowest BCUT2D eigenvalue weighted by atomic mass is 9.87. The molecule has 0 saturated carbocycles. The molecule has 0 aromatic heterocycles. The van der Waals surface area contributed by atoms with E-state index in [0.717, 1.165) is 12.8 Å². The van der Waals surface area contributed by atoms with Gasteiger partial charge in [0.2, 0.25) is 23.6 Å². The van der Waals surface area contributed by atoms with Gasteiger partial charge in [-0.15, -0.1) is 0 Å². The highest BCUT2D eigenvalue weighted by Crippen LogP contribution is 2.30. The van der Waals surface area contributed by atoms with Gasteiger partial charge >= 0.3 is 0 Å². The van der Waals surface area contributed by atoms with Crippen molar-refractivity contribution in [1.29, 1.82) is 0 Å². The van der Waals surface area contributed by atoms with Crippen LogP contribution in [0.1, 0.15) is 92.7 Å². The van der Waals surface area contributed by atoms with Crippen molar-refractivity contribution in [2.75, 3.05) is 27.8 Å². The molecule has 1 aliphatic rings. The Bertz CT molecular complexity index is 1220. The van der Waals surface area contributed by atoms with Crippen molar-refractivity contribution >= 4 is 23.6 Å². The molecule has 2 rings (SSSR count). The monoisotopic (exact) mass is 689 g/mol. The normalized spacial score (nSPS) is 20.2. The first-order chi connectivity index (χ1) is 22.9. The van der Waals surface area contributed by atoms with Crippen molar-refractivity contribution in [1.82, 2.24) is 20.4 Å². The van der Waals surface area contributed by atoms with Crippen LogP contribution in [0.5, 0.6) is 0 Å². The zero-order chi connectivity index (χ0) is 37.2. The van der Waals surface area contributed by atoms with Gasteiger partial charge in [0.1, 0.15) is 0 Å². The lowest BCUT2D eigenvalue weighted by Crippen LogP contribution is -2.60. The predicted octanol–water partition coefficient (Wildman–Crippen LogP) is 3.02. The molecule has 12 heteroatoms. The van der Waals surface area contributed by atoms with Crippen molar-refractivity contribution in [3.8, 4) is 0 Å². The highest BCUT2D eigenvalue weighted by molar-refractivity contribution is 6.01. The van der Waals surface area contributed by atoms with Crippen molar-refractivity contribution < 1.29 is 33.8 Å². The summed E-state index contributed by atoms with van der Waals surface area (Å²) in [6.45, 7) is 15.1. The Balaban J connectivity index is 2.25. The van der Waals surface area contributed by atoms with E-state index >= 15 is 0 Å². The number of rotatable bonds is 18. The molecule has 1 fully saturated rings. The fourth-order valence-corrected chi connectivity index (χ4v) is 7.06. The van der Waals surface area contributed by atoms with E-state index < -0.39 is 53.7 Å². The average molecular weight is 690 g/mol. The fourth-order valence-electron chi connectivity index (χ4n) is 7.06. The first-order valence-electron chi connectivity index (χ1n) is 17.7. The lowest BCUT2D eigenvalue weighted by Gasteiger charge is -2.43. The zero-order valence-corrected chi connectivity index (χ0v) is 31.6. The molecule has 278 valence electrons. The molecule has 5 N–H and O–H groups in total. The van der Waals surface area contributed by atoms with Crippen LogP contribution in [-0.2, 0) is 28.7 Å². The van der Waals surface area contributed by atoms with Crippen LogP contribution in [0.4, 0.5) is 0 Å². The summed E-state index contributed by atoms with van der Waals surface area (Å²) >= 11 is 0. The number of methoxy groups -OCH3 is 2. The Morgan fingerprint density at radius 3 is 2.16 bits per heavy atom. The Morgan fingerprint density at radius 1 is 1.04 bits per heavy atom. The lowest BCUT2D eigenvalue weighted by molar-refractivity contribution is -0.144. The molecule has 1 aromatic rings. The maximum absolute atomic E-state index is 14.1. The number of benzene rings is 1. The molecule has 9 atom stereocenters. The number of ether oxygens (including phenoxy) is 2. The van der Waals surface area contributed by atoms with Gasteiger partial charge in [0.15, 0.2) is 0 Å². The number of aliphatic hydroxyl groups is 1. The highest BCUT2D eigenvalue weighted by Gasteiger charge is 2.43. The van der Waals surface area contributed by atoms with E-state index in [2.05, 4.69) is 24.5 Å². The van der Waals surface area contributed by atoms with E-state index in [0.29, 0.717) is 18.5 Å². The topological polar surface area (TPSA) is 164 Å². The number of carbonyl (C=O) groups is 4. The number of aliphatic hydroxyl groups excluding tert-OH is 1. The summed E-state index contributed by atoms with van der Waals surface area (Å²) in [5.74, 6) is -2.12. The van der Waals surface area contributed by atoms with E-state index in [1.165, 1.54) is 0 Å². The van der Waals surface area contributed by atoms with E-state index in [4.69, 9.17) is 15.2 Å². The fraction of sp³-hybridized carbons (Fsp3) is 0.730.